The fourth-order valence-electron chi connectivity index (χ4n) is 1.96. The van der Waals surface area contributed by atoms with Crippen molar-refractivity contribution >= 4 is 17.7 Å². The fraction of sp³-hybridized carbons (Fsp3) is 0.200. The summed E-state index contributed by atoms with van der Waals surface area (Å²) in [5, 5.41) is 0. The van der Waals surface area contributed by atoms with Crippen LogP contribution in [0.4, 0.5) is 0 Å². The first-order chi connectivity index (χ1) is 9.70. The van der Waals surface area contributed by atoms with Gasteiger partial charge in [0.25, 0.3) is 0 Å². The Kier molecular flexibility index (Phi) is 6.52. The summed E-state index contributed by atoms with van der Waals surface area (Å²) in [5.41, 5.74) is 6.20. The van der Waals surface area contributed by atoms with Gasteiger partial charge in [0.1, 0.15) is 0 Å². The van der Waals surface area contributed by atoms with Gasteiger partial charge in [-0.25, -0.2) is 0 Å². The molecule has 0 fully saturated rings. The lowest BCUT2D eigenvalue weighted by molar-refractivity contribution is 1.45. The molecule has 0 N–H and O–H groups in total. The second-order valence-electron chi connectivity index (χ2n) is 4.53. The van der Waals surface area contributed by atoms with Crippen molar-refractivity contribution in [2.24, 2.45) is 0 Å². The first kappa shape index (κ1) is 16.0. The van der Waals surface area contributed by atoms with E-state index in [0.29, 0.717) is 0 Å². The van der Waals surface area contributed by atoms with E-state index in [4.69, 9.17) is 0 Å². The summed E-state index contributed by atoms with van der Waals surface area (Å²) < 4.78 is 0. The Bertz CT molecular complexity index is 571. The Hall–Kier alpha value is -2.08. The lowest BCUT2D eigenvalue weighted by atomic mass is 10.0. The van der Waals surface area contributed by atoms with Gasteiger partial charge >= 0.3 is 0 Å². The molecule has 0 atom stereocenters. The van der Waals surface area contributed by atoms with Gasteiger partial charge in [-0.3, -0.25) is 0 Å². The van der Waals surface area contributed by atoms with Crippen LogP contribution in [-0.4, -0.2) is 0 Å². The molecule has 0 saturated carbocycles. The van der Waals surface area contributed by atoms with Gasteiger partial charge in [0.15, 0.2) is 0 Å². The quantitative estimate of drug-likeness (QED) is 0.577. The second kappa shape index (κ2) is 8.16. The Morgan fingerprint density at radius 3 is 2.00 bits per heavy atom. The van der Waals surface area contributed by atoms with Crippen molar-refractivity contribution in [3.05, 3.63) is 77.4 Å². The SMILES string of the molecule is C=Cc1ccccc1/C=C(\C)c1ccc(C)cc1.CC. The maximum Gasteiger partial charge on any atom is -0.0181 e. The highest BCUT2D eigenvalue weighted by Gasteiger charge is 1.98. The third-order valence-electron chi connectivity index (χ3n) is 3.09. The zero-order valence-electron chi connectivity index (χ0n) is 13.0. The molecule has 0 aliphatic heterocycles. The van der Waals surface area contributed by atoms with E-state index < -0.39 is 0 Å². The van der Waals surface area contributed by atoms with Gasteiger partial charge in [0.05, 0.1) is 0 Å². The fourth-order valence-corrected chi connectivity index (χ4v) is 1.96. The van der Waals surface area contributed by atoms with E-state index in [1.54, 1.807) is 0 Å². The first-order valence-electron chi connectivity index (χ1n) is 7.17. The molecule has 0 nitrogen and oxygen atoms in total. The van der Waals surface area contributed by atoms with Gasteiger partial charge < -0.3 is 0 Å². The molecular formula is C20H24. The predicted molar refractivity (Wildman–Crippen MR) is 92.6 cm³/mol. The highest BCUT2D eigenvalue weighted by Crippen LogP contribution is 2.20. The maximum atomic E-state index is 3.85. The normalized spacial score (nSPS) is 10.5. The number of rotatable bonds is 3. The summed E-state index contributed by atoms with van der Waals surface area (Å²) in [6, 6.07) is 16.9. The third kappa shape index (κ3) is 4.24. The third-order valence-corrected chi connectivity index (χ3v) is 3.09. The maximum absolute atomic E-state index is 3.85. The van der Waals surface area contributed by atoms with Gasteiger partial charge in [-0.15, -0.1) is 0 Å². The molecule has 0 heterocycles. The van der Waals surface area contributed by atoms with Crippen LogP contribution < -0.4 is 0 Å². The average Bonchev–Trinajstić information content (AvgIpc) is 2.50. The topological polar surface area (TPSA) is 0 Å². The van der Waals surface area contributed by atoms with E-state index in [0.717, 1.165) is 0 Å². The van der Waals surface area contributed by atoms with Crippen molar-refractivity contribution in [2.45, 2.75) is 27.7 Å². The van der Waals surface area contributed by atoms with Crippen molar-refractivity contribution < 1.29 is 0 Å². The number of hydrogen-bond acceptors (Lipinski definition) is 0. The van der Waals surface area contributed by atoms with E-state index in [1.807, 2.05) is 26.0 Å². The summed E-state index contributed by atoms with van der Waals surface area (Å²) in [7, 11) is 0. The molecule has 0 unspecified atom stereocenters. The Morgan fingerprint density at radius 2 is 1.45 bits per heavy atom. The van der Waals surface area contributed by atoms with Gasteiger partial charge in [-0.1, -0.05) is 86.7 Å². The molecule has 0 heteroatoms. The lowest BCUT2D eigenvalue weighted by Gasteiger charge is -2.05. The molecule has 0 aromatic heterocycles. The van der Waals surface area contributed by atoms with Crippen LogP contribution in [0.1, 0.15) is 43.0 Å². The van der Waals surface area contributed by atoms with Crippen LogP contribution in [-0.2, 0) is 0 Å². The molecule has 0 amide bonds. The van der Waals surface area contributed by atoms with Crippen molar-refractivity contribution in [3.8, 4) is 0 Å². The zero-order chi connectivity index (χ0) is 15.0. The highest BCUT2D eigenvalue weighted by atomic mass is 14.0. The molecule has 2 rings (SSSR count). The van der Waals surface area contributed by atoms with Crippen LogP contribution in [0.3, 0.4) is 0 Å². The van der Waals surface area contributed by atoms with Crippen molar-refractivity contribution in [2.75, 3.05) is 0 Å². The molecule has 20 heavy (non-hydrogen) atoms. The minimum Gasteiger partial charge on any atom is -0.0984 e. The molecule has 0 spiro atoms. The van der Waals surface area contributed by atoms with Crippen LogP contribution in [0.15, 0.2) is 55.1 Å². The van der Waals surface area contributed by atoms with Crippen LogP contribution in [0, 0.1) is 6.92 Å². The molecule has 2 aromatic rings. The second-order valence-corrected chi connectivity index (χ2v) is 4.53. The van der Waals surface area contributed by atoms with Crippen LogP contribution in [0.2, 0.25) is 0 Å². The standard InChI is InChI=1S/C18H18.C2H6/c1-4-16-7-5-6-8-18(16)13-15(3)17-11-9-14(2)10-12-17;1-2/h4-13H,1H2,2-3H3;1-2H3/b15-13+;. The number of hydrogen-bond donors (Lipinski definition) is 0. The number of aryl methyl sites for hydroxylation is 1. The summed E-state index contributed by atoms with van der Waals surface area (Å²) in [5.74, 6) is 0. The van der Waals surface area contributed by atoms with Crippen molar-refractivity contribution in [1.82, 2.24) is 0 Å². The monoisotopic (exact) mass is 264 g/mol. The Labute approximate surface area is 123 Å². The summed E-state index contributed by atoms with van der Waals surface area (Å²) in [4.78, 5) is 0. The van der Waals surface area contributed by atoms with Crippen LogP contribution >= 0.6 is 0 Å². The molecule has 0 aliphatic carbocycles. The average molecular weight is 264 g/mol. The molecule has 2 aromatic carbocycles. The van der Waals surface area contributed by atoms with Crippen molar-refractivity contribution in [1.29, 1.82) is 0 Å². The predicted octanol–water partition coefficient (Wildman–Crippen LogP) is 6.22. The number of benzene rings is 2. The van der Waals surface area contributed by atoms with Gasteiger partial charge in [0, 0.05) is 0 Å². The molecule has 104 valence electrons. The van der Waals surface area contributed by atoms with Gasteiger partial charge in [-0.05, 0) is 36.1 Å². The lowest BCUT2D eigenvalue weighted by Crippen LogP contribution is -1.83. The van der Waals surface area contributed by atoms with Gasteiger partial charge in [0.2, 0.25) is 0 Å². The molecule has 0 aliphatic rings. The minimum atomic E-state index is 1.17. The largest absolute Gasteiger partial charge is 0.0984 e. The van der Waals surface area contributed by atoms with Crippen molar-refractivity contribution in [3.63, 3.8) is 0 Å². The van der Waals surface area contributed by atoms with E-state index in [2.05, 4.69) is 69.0 Å². The molecule has 0 radical (unpaired) electrons. The van der Waals surface area contributed by atoms with Crippen LogP contribution in [0.5, 0.6) is 0 Å². The summed E-state index contributed by atoms with van der Waals surface area (Å²) in [6.45, 7) is 12.1. The summed E-state index contributed by atoms with van der Waals surface area (Å²) in [6.07, 6.45) is 4.11. The van der Waals surface area contributed by atoms with E-state index in [-0.39, 0.29) is 0 Å². The molecule has 0 saturated heterocycles. The minimum absolute atomic E-state index is 1.17. The molecular weight excluding hydrogens is 240 g/mol. The molecule has 0 bridgehead atoms. The Balaban J connectivity index is 0.000000956. The summed E-state index contributed by atoms with van der Waals surface area (Å²) >= 11 is 0. The van der Waals surface area contributed by atoms with E-state index >= 15 is 0 Å². The first-order valence-corrected chi connectivity index (χ1v) is 7.17. The van der Waals surface area contributed by atoms with Crippen LogP contribution in [0.25, 0.3) is 17.7 Å². The highest BCUT2D eigenvalue weighted by molar-refractivity contribution is 5.82. The Morgan fingerprint density at radius 1 is 0.900 bits per heavy atom. The van der Waals surface area contributed by atoms with E-state index in [9.17, 15) is 0 Å². The van der Waals surface area contributed by atoms with E-state index in [1.165, 1.54) is 27.8 Å². The zero-order valence-corrected chi connectivity index (χ0v) is 13.0. The smallest absolute Gasteiger partial charge is 0.0181 e. The number of allylic oxidation sites excluding steroid dienone is 1. The van der Waals surface area contributed by atoms with Gasteiger partial charge in [-0.2, -0.15) is 0 Å².